The highest BCUT2D eigenvalue weighted by molar-refractivity contribution is 14.1. The molecule has 0 aromatic heterocycles. The molecule has 0 N–H and O–H groups in total. The molecule has 0 radical (unpaired) electrons. The molecule has 13 heavy (non-hydrogen) atoms. The van der Waals surface area contributed by atoms with Gasteiger partial charge in [0.2, 0.25) is 0 Å². The van der Waals surface area contributed by atoms with Crippen LogP contribution in [-0.2, 0) is 4.79 Å². The number of hydrogen-bond acceptors (Lipinski definition) is 1. The highest BCUT2D eigenvalue weighted by Gasteiger charge is 2.13. The lowest BCUT2D eigenvalue weighted by Crippen LogP contribution is -2.01. The Bertz CT molecular complexity index is 340. The standard InChI is InChI=1S/C9H7BrClIO/c1-5(13)9(11)6-2-3-7(10)8(12)4-6/h2-4,9H,1H3. The maximum absolute atomic E-state index is 11.0. The van der Waals surface area contributed by atoms with Crippen LogP contribution in [0.25, 0.3) is 0 Å². The summed E-state index contributed by atoms with van der Waals surface area (Å²) < 4.78 is 2.08. The van der Waals surface area contributed by atoms with E-state index in [4.69, 9.17) is 11.6 Å². The summed E-state index contributed by atoms with van der Waals surface area (Å²) in [6.45, 7) is 1.49. The first kappa shape index (κ1) is 11.5. The van der Waals surface area contributed by atoms with Gasteiger partial charge in [-0.3, -0.25) is 4.79 Å². The summed E-state index contributed by atoms with van der Waals surface area (Å²) in [6.07, 6.45) is 0. The first-order chi connectivity index (χ1) is 6.02. The first-order valence-electron chi connectivity index (χ1n) is 3.62. The first-order valence-corrected chi connectivity index (χ1v) is 5.92. The molecule has 0 aliphatic carbocycles. The zero-order chi connectivity index (χ0) is 10.0. The average molecular weight is 373 g/mol. The molecule has 0 saturated carbocycles. The monoisotopic (exact) mass is 372 g/mol. The largest absolute Gasteiger partial charge is 0.298 e. The molecule has 4 heteroatoms. The van der Waals surface area contributed by atoms with Gasteiger partial charge in [0.05, 0.1) is 0 Å². The Hall–Kier alpha value is 0.390. The van der Waals surface area contributed by atoms with Crippen molar-refractivity contribution in [2.24, 2.45) is 0 Å². The van der Waals surface area contributed by atoms with E-state index in [1.165, 1.54) is 6.92 Å². The maximum Gasteiger partial charge on any atom is 0.152 e. The van der Waals surface area contributed by atoms with E-state index in [0.29, 0.717) is 0 Å². The summed E-state index contributed by atoms with van der Waals surface area (Å²) in [4.78, 5) is 11.0. The summed E-state index contributed by atoms with van der Waals surface area (Å²) in [5.74, 6) is -0.0280. The van der Waals surface area contributed by atoms with Crippen LogP contribution in [0.5, 0.6) is 0 Å². The number of alkyl halides is 1. The Morgan fingerprint density at radius 3 is 2.69 bits per heavy atom. The molecule has 1 atom stereocenters. The second-order valence-electron chi connectivity index (χ2n) is 2.65. The van der Waals surface area contributed by atoms with Crippen molar-refractivity contribution in [1.29, 1.82) is 0 Å². The predicted molar refractivity (Wildman–Crippen MR) is 66.1 cm³/mol. The molecular formula is C9H7BrClIO. The van der Waals surface area contributed by atoms with E-state index in [1.807, 2.05) is 18.2 Å². The molecule has 0 bridgehead atoms. The molecule has 0 aliphatic rings. The molecule has 1 nitrogen and oxygen atoms in total. The van der Waals surface area contributed by atoms with Gasteiger partial charge in [0.15, 0.2) is 5.78 Å². The Balaban J connectivity index is 3.03. The van der Waals surface area contributed by atoms with Gasteiger partial charge in [-0.05, 0) is 63.1 Å². The molecule has 70 valence electrons. The van der Waals surface area contributed by atoms with Crippen molar-refractivity contribution in [1.82, 2.24) is 0 Å². The van der Waals surface area contributed by atoms with E-state index >= 15 is 0 Å². The molecule has 0 amide bonds. The lowest BCUT2D eigenvalue weighted by atomic mass is 10.1. The summed E-state index contributed by atoms with van der Waals surface area (Å²) in [7, 11) is 0. The van der Waals surface area contributed by atoms with E-state index in [-0.39, 0.29) is 5.78 Å². The Morgan fingerprint density at radius 2 is 2.23 bits per heavy atom. The lowest BCUT2D eigenvalue weighted by Gasteiger charge is -2.06. The van der Waals surface area contributed by atoms with E-state index < -0.39 is 5.38 Å². The van der Waals surface area contributed by atoms with Gasteiger partial charge in [0.1, 0.15) is 5.38 Å². The number of ketones is 1. The van der Waals surface area contributed by atoms with Crippen molar-refractivity contribution in [3.05, 3.63) is 31.8 Å². The topological polar surface area (TPSA) is 17.1 Å². The molecule has 1 rings (SSSR count). The van der Waals surface area contributed by atoms with E-state index in [2.05, 4.69) is 38.5 Å². The van der Waals surface area contributed by atoms with Gasteiger partial charge in [-0.2, -0.15) is 0 Å². The minimum atomic E-state index is -0.526. The van der Waals surface area contributed by atoms with Gasteiger partial charge in [-0.25, -0.2) is 0 Å². The lowest BCUT2D eigenvalue weighted by molar-refractivity contribution is -0.116. The number of rotatable bonds is 2. The highest BCUT2D eigenvalue weighted by atomic mass is 127. The maximum atomic E-state index is 11.0. The van der Waals surface area contributed by atoms with Crippen LogP contribution in [0.4, 0.5) is 0 Å². The minimum absolute atomic E-state index is 0.0280. The Kier molecular flexibility index (Phi) is 4.19. The summed E-state index contributed by atoms with van der Waals surface area (Å²) in [5, 5.41) is -0.526. The van der Waals surface area contributed by atoms with E-state index in [1.54, 1.807) is 0 Å². The van der Waals surface area contributed by atoms with Gasteiger partial charge in [0.25, 0.3) is 0 Å². The third-order valence-electron chi connectivity index (χ3n) is 1.59. The quantitative estimate of drug-likeness (QED) is 0.567. The minimum Gasteiger partial charge on any atom is -0.298 e. The molecule has 1 aromatic rings. The second-order valence-corrected chi connectivity index (χ2v) is 5.10. The third kappa shape index (κ3) is 2.92. The van der Waals surface area contributed by atoms with Crippen LogP contribution >= 0.6 is 50.1 Å². The molecule has 0 fully saturated rings. The molecule has 0 aliphatic heterocycles. The van der Waals surface area contributed by atoms with Crippen LogP contribution in [-0.4, -0.2) is 5.78 Å². The van der Waals surface area contributed by atoms with Gasteiger partial charge >= 0.3 is 0 Å². The van der Waals surface area contributed by atoms with Crippen molar-refractivity contribution in [3.63, 3.8) is 0 Å². The van der Waals surface area contributed by atoms with Crippen molar-refractivity contribution in [3.8, 4) is 0 Å². The summed E-state index contributed by atoms with van der Waals surface area (Å²) >= 11 is 11.5. The molecule has 1 unspecified atom stereocenters. The fraction of sp³-hybridized carbons (Fsp3) is 0.222. The zero-order valence-corrected chi connectivity index (χ0v) is 11.4. The van der Waals surface area contributed by atoms with E-state index in [9.17, 15) is 4.79 Å². The molecule has 1 aromatic carbocycles. The number of Topliss-reactive ketones (excluding diaryl/α,β-unsaturated/α-hetero) is 1. The number of halogens is 3. The van der Waals surface area contributed by atoms with Crippen molar-refractivity contribution in [2.45, 2.75) is 12.3 Å². The number of benzene rings is 1. The summed E-state index contributed by atoms with van der Waals surface area (Å²) in [6, 6.07) is 5.66. The van der Waals surface area contributed by atoms with Crippen LogP contribution in [0, 0.1) is 3.57 Å². The fourth-order valence-corrected chi connectivity index (χ4v) is 1.83. The van der Waals surface area contributed by atoms with Crippen LogP contribution in [0.2, 0.25) is 0 Å². The number of carbonyl (C=O) groups is 1. The summed E-state index contributed by atoms with van der Waals surface area (Å²) in [5.41, 5.74) is 0.849. The van der Waals surface area contributed by atoms with Crippen LogP contribution in [0.15, 0.2) is 22.7 Å². The number of carbonyl (C=O) groups excluding carboxylic acids is 1. The normalized spacial score (nSPS) is 12.6. The van der Waals surface area contributed by atoms with Crippen LogP contribution in [0.3, 0.4) is 0 Å². The van der Waals surface area contributed by atoms with Crippen molar-refractivity contribution >= 4 is 55.9 Å². The Morgan fingerprint density at radius 1 is 1.62 bits per heavy atom. The Labute approximate surface area is 104 Å². The van der Waals surface area contributed by atoms with Gasteiger partial charge in [0, 0.05) is 8.04 Å². The zero-order valence-electron chi connectivity index (χ0n) is 6.85. The predicted octanol–water partition coefficient (Wildman–Crippen LogP) is 3.92. The highest BCUT2D eigenvalue weighted by Crippen LogP contribution is 2.27. The van der Waals surface area contributed by atoms with Gasteiger partial charge < -0.3 is 0 Å². The van der Waals surface area contributed by atoms with Gasteiger partial charge in [-0.15, -0.1) is 11.6 Å². The average Bonchev–Trinajstić information content (AvgIpc) is 2.08. The molecule has 0 saturated heterocycles. The number of hydrogen-bond donors (Lipinski definition) is 0. The van der Waals surface area contributed by atoms with Crippen LogP contribution in [0.1, 0.15) is 17.9 Å². The smallest absolute Gasteiger partial charge is 0.152 e. The SMILES string of the molecule is CC(=O)C(Cl)c1ccc(Br)c(I)c1. The second kappa shape index (κ2) is 4.75. The van der Waals surface area contributed by atoms with Crippen molar-refractivity contribution < 1.29 is 4.79 Å². The van der Waals surface area contributed by atoms with E-state index in [0.717, 1.165) is 13.6 Å². The van der Waals surface area contributed by atoms with Crippen molar-refractivity contribution in [2.75, 3.05) is 0 Å². The molecular weight excluding hydrogens is 366 g/mol. The fourth-order valence-electron chi connectivity index (χ4n) is 0.905. The molecule has 0 heterocycles. The van der Waals surface area contributed by atoms with Crippen LogP contribution < -0.4 is 0 Å². The third-order valence-corrected chi connectivity index (χ3v) is 4.48. The molecule has 0 spiro atoms. The van der Waals surface area contributed by atoms with Gasteiger partial charge in [-0.1, -0.05) is 6.07 Å².